The summed E-state index contributed by atoms with van der Waals surface area (Å²) in [4.78, 5) is 19.2. The van der Waals surface area contributed by atoms with Crippen LogP contribution in [0, 0.1) is 0 Å². The molecule has 4 aromatic rings. The molecule has 0 unspecified atom stereocenters. The Morgan fingerprint density at radius 2 is 1.63 bits per heavy atom. The lowest BCUT2D eigenvalue weighted by Gasteiger charge is -2.34. The van der Waals surface area contributed by atoms with Gasteiger partial charge in [-0.1, -0.05) is 36.4 Å². The number of fused-ring (bicyclic) bond motifs is 2. The van der Waals surface area contributed by atoms with Crippen LogP contribution in [0.2, 0.25) is 0 Å². The molecule has 4 N–H and O–H groups in total. The molecule has 17 heteroatoms. The first-order valence-electron chi connectivity index (χ1n) is 24.8. The van der Waals surface area contributed by atoms with Crippen molar-refractivity contribution in [1.82, 2.24) is 24.4 Å². The molecule has 15 nitrogen and oxygen atoms in total. The molecule has 0 bridgehead atoms. The van der Waals surface area contributed by atoms with Gasteiger partial charge in [-0.05, 0) is 134 Å². The van der Waals surface area contributed by atoms with Gasteiger partial charge in [0.15, 0.2) is 0 Å². The lowest BCUT2D eigenvalue weighted by Crippen LogP contribution is -2.48. The average Bonchev–Trinajstić information content (AvgIpc) is 3.81. The second-order valence-electron chi connectivity index (χ2n) is 18.1. The highest BCUT2D eigenvalue weighted by molar-refractivity contribution is 7.89. The predicted octanol–water partition coefficient (Wildman–Crippen LogP) is 8.01. The van der Waals surface area contributed by atoms with Crippen molar-refractivity contribution in [2.45, 2.75) is 81.7 Å². The number of nitrogens with one attached hydrogen (secondary N) is 3. The van der Waals surface area contributed by atoms with Gasteiger partial charge in [-0.3, -0.25) is 9.45 Å². The van der Waals surface area contributed by atoms with E-state index in [1.165, 1.54) is 17.7 Å². The van der Waals surface area contributed by atoms with Crippen LogP contribution in [0.15, 0.2) is 123 Å². The second kappa shape index (κ2) is 24.1. The molecule has 2 aliphatic heterocycles. The number of methoxy groups -OCH3 is 1. The number of benzene rings is 5. The van der Waals surface area contributed by atoms with Crippen LogP contribution in [0.3, 0.4) is 0 Å². The number of nitrogens with zero attached hydrogens (tertiary/aromatic N) is 4. The van der Waals surface area contributed by atoms with Crippen LogP contribution in [0.1, 0.15) is 58.9 Å². The number of hydrogen-bond acceptors (Lipinski definition) is 10. The van der Waals surface area contributed by atoms with Crippen molar-refractivity contribution >= 4 is 48.5 Å². The summed E-state index contributed by atoms with van der Waals surface area (Å²) in [5.41, 5.74) is 4.58. The van der Waals surface area contributed by atoms with Crippen molar-refractivity contribution in [2.75, 3.05) is 83.3 Å². The predicted molar refractivity (Wildman–Crippen MR) is 284 cm³/mol. The third kappa shape index (κ3) is 13.2. The van der Waals surface area contributed by atoms with Gasteiger partial charge in [0.25, 0.3) is 10.1 Å². The van der Waals surface area contributed by atoms with Crippen molar-refractivity contribution in [3.63, 3.8) is 0 Å². The molecule has 71 heavy (non-hydrogen) atoms. The molecule has 1 saturated heterocycles. The van der Waals surface area contributed by atoms with Gasteiger partial charge in [0.2, 0.25) is 15.4 Å². The average molecular weight is 1010 g/mol. The summed E-state index contributed by atoms with van der Waals surface area (Å²) in [6.45, 7) is 14.4. The topological polar surface area (TPSA) is 177 Å². The van der Waals surface area contributed by atoms with Crippen LogP contribution in [0.25, 0.3) is 33.4 Å². The number of ether oxygens (including phenoxy) is 1. The lowest BCUT2D eigenvalue weighted by atomic mass is 9.93. The van der Waals surface area contributed by atoms with Crippen LogP contribution in [0.4, 0.5) is 16.2 Å². The first-order chi connectivity index (χ1) is 34.2. The summed E-state index contributed by atoms with van der Waals surface area (Å²) >= 11 is 0. The van der Waals surface area contributed by atoms with Crippen molar-refractivity contribution in [3.05, 3.63) is 120 Å². The van der Waals surface area contributed by atoms with Gasteiger partial charge in [-0.25, -0.2) is 22.5 Å². The van der Waals surface area contributed by atoms with Crippen LogP contribution in [-0.4, -0.2) is 122 Å². The van der Waals surface area contributed by atoms with E-state index in [0.29, 0.717) is 59.0 Å². The number of likely N-dealkylation sites (tertiary alicyclic amines) is 1. The molecule has 380 valence electrons. The fourth-order valence-electron chi connectivity index (χ4n) is 9.77. The standard InChI is InChI=1S/C54H69N7O8S2/c1-7-59(8-2)41-22-27-47-50(34-41)69-51-35-42(60(9-3)10-4)23-28-48(51)53(47)49-29-26-46(36-52(49)71(65,66)67)70(63,64)56-31-14-18-43(37-55-54(62)57-40-16-12-11-13-17-40)58(5)38-44-19-15-32-61(44)33-30-39-20-24-45(68-6)25-21-39/h11-13,16-17,20-29,34-36,43-44,56H,7-10,14-15,18-19,30-33,37-38H2,1-6H3,(H2-,55,57,62,65,66,67)/p+1/t43-,44-/m1/s1. The smallest absolute Gasteiger partial charge is 0.319 e. The Morgan fingerprint density at radius 3 is 2.32 bits per heavy atom. The molecule has 0 aromatic heterocycles. The molecule has 7 rings (SSSR count). The summed E-state index contributed by atoms with van der Waals surface area (Å²) in [7, 11) is -5.53. The minimum atomic E-state index is -4.97. The Balaban J connectivity index is 1.11. The molecule has 2 heterocycles. The van der Waals surface area contributed by atoms with Crippen molar-refractivity contribution in [1.29, 1.82) is 0 Å². The number of para-hydroxylation sites is 1. The molecule has 2 amide bonds. The minimum absolute atomic E-state index is 0.0441. The van der Waals surface area contributed by atoms with Crippen LogP contribution in [0.5, 0.6) is 5.75 Å². The maximum atomic E-state index is 14.0. The largest absolute Gasteiger partial charge is 0.497 e. The summed E-state index contributed by atoms with van der Waals surface area (Å²) in [6.07, 6.45) is 4.02. The Hall–Kier alpha value is -5.82. The Labute approximate surface area is 419 Å². The second-order valence-corrected chi connectivity index (χ2v) is 21.2. The first kappa shape index (κ1) is 53.0. The third-order valence-corrected chi connectivity index (χ3v) is 16.1. The molecule has 1 fully saturated rings. The number of rotatable bonds is 23. The van der Waals surface area contributed by atoms with Gasteiger partial charge < -0.3 is 29.6 Å². The molecule has 3 aliphatic rings. The van der Waals surface area contributed by atoms with E-state index in [2.05, 4.69) is 74.5 Å². The van der Waals surface area contributed by atoms with Crippen molar-refractivity contribution < 1.29 is 35.3 Å². The summed E-state index contributed by atoms with van der Waals surface area (Å²) < 4.78 is 82.4. The van der Waals surface area contributed by atoms with Gasteiger partial charge in [-0.2, -0.15) is 8.42 Å². The monoisotopic (exact) mass is 1010 g/mol. The fourth-order valence-corrected chi connectivity index (χ4v) is 11.7. The van der Waals surface area contributed by atoms with E-state index in [1.54, 1.807) is 7.11 Å². The number of likely N-dealkylation sites (N-methyl/N-ethyl adjacent to an activating group) is 1. The number of hydrogen-bond donors (Lipinski definition) is 4. The van der Waals surface area contributed by atoms with E-state index < -0.39 is 25.0 Å². The van der Waals surface area contributed by atoms with Gasteiger partial charge in [-0.15, -0.1) is 0 Å². The van der Waals surface area contributed by atoms with Gasteiger partial charge in [0.05, 0.1) is 18.1 Å². The van der Waals surface area contributed by atoms with Gasteiger partial charge in [0.1, 0.15) is 35.1 Å². The normalized spacial score (nSPS) is 14.8. The molecule has 2 atom stereocenters. The quantitative estimate of drug-likeness (QED) is 0.0212. The summed E-state index contributed by atoms with van der Waals surface area (Å²) in [6, 6.07) is 32.6. The van der Waals surface area contributed by atoms with E-state index in [4.69, 9.17) is 9.15 Å². The maximum Gasteiger partial charge on any atom is 0.319 e. The maximum absolute atomic E-state index is 14.0. The molecular weight excluding hydrogens is 939 g/mol. The highest BCUT2D eigenvalue weighted by Crippen LogP contribution is 2.43. The lowest BCUT2D eigenvalue weighted by molar-refractivity contribution is 0.152. The molecule has 0 spiro atoms. The minimum Gasteiger partial charge on any atom is -0.497 e. The van der Waals surface area contributed by atoms with E-state index in [1.807, 2.05) is 85.9 Å². The fraction of sp³-hybridized carbons (Fsp3) is 0.407. The number of carbonyl (C=O) groups excluding carboxylic acids is 1. The molecule has 0 saturated carbocycles. The Morgan fingerprint density at radius 1 is 0.901 bits per heavy atom. The number of urea groups is 1. The van der Waals surface area contributed by atoms with Crippen molar-refractivity contribution in [3.8, 4) is 28.2 Å². The molecule has 1 aliphatic carbocycles. The molecule has 0 radical (unpaired) electrons. The highest BCUT2D eigenvalue weighted by Gasteiger charge is 2.30. The van der Waals surface area contributed by atoms with E-state index >= 15 is 0 Å². The highest BCUT2D eigenvalue weighted by atomic mass is 32.2. The number of sulfonamides is 1. The van der Waals surface area contributed by atoms with Crippen molar-refractivity contribution in [2.24, 2.45) is 0 Å². The Kier molecular flexibility index (Phi) is 18.0. The van der Waals surface area contributed by atoms with Crippen LogP contribution >= 0.6 is 0 Å². The molecule has 4 aromatic carbocycles. The number of anilines is 2. The third-order valence-electron chi connectivity index (χ3n) is 13.8. The summed E-state index contributed by atoms with van der Waals surface area (Å²) in [5, 5.41) is 7.44. The zero-order valence-corrected chi connectivity index (χ0v) is 43.5. The molecular formula is C54H70N7O8S2+. The van der Waals surface area contributed by atoms with E-state index in [0.717, 1.165) is 87.9 Å². The first-order valence-corrected chi connectivity index (χ1v) is 27.7. The summed E-state index contributed by atoms with van der Waals surface area (Å²) in [5.74, 6) is 1.34. The van der Waals surface area contributed by atoms with E-state index in [-0.39, 0.29) is 29.1 Å². The van der Waals surface area contributed by atoms with E-state index in [9.17, 15) is 26.2 Å². The Bertz CT molecular complexity index is 3010. The number of amides is 2. The SMILES string of the molecule is CCN(CC)c1ccc2c(-c3ccc(S(=O)(=O)NCCC[C@H](CNC(=O)Nc4ccccc4)N(C)C[C@H]4CCCN4CCc4ccc(OC)cc4)cc3S(=O)(=O)O)c3ccc(=[N+](CC)CC)cc-3oc2c1. The zero-order chi connectivity index (χ0) is 50.7. The number of carbonyl (C=O) groups is 1. The van der Waals surface area contributed by atoms with Gasteiger partial charge in [0, 0.05) is 96.9 Å². The van der Waals surface area contributed by atoms with Crippen LogP contribution in [-0.2, 0) is 26.6 Å². The van der Waals surface area contributed by atoms with Crippen LogP contribution < -0.4 is 34.9 Å². The van der Waals surface area contributed by atoms with Gasteiger partial charge >= 0.3 is 6.03 Å². The zero-order valence-electron chi connectivity index (χ0n) is 41.9.